The zero-order valence-corrected chi connectivity index (χ0v) is 12.6. The van der Waals surface area contributed by atoms with Crippen LogP contribution in [0, 0.1) is 22.7 Å². The first-order chi connectivity index (χ1) is 8.88. The third kappa shape index (κ3) is 2.26. The standard InChI is InChI=1S/C16H26O3/c1-5-12-8-16(6-2)10-19-9-15(4,14(16)18)7-11(3)13(12)17/h11-12H,5-10H2,1-4H3. The predicted octanol–water partition coefficient (Wildman–Crippen LogP) is 3.01. The van der Waals surface area contributed by atoms with Gasteiger partial charge in [-0.15, -0.1) is 0 Å². The van der Waals surface area contributed by atoms with Gasteiger partial charge in [-0.3, -0.25) is 9.59 Å². The molecule has 0 spiro atoms. The van der Waals surface area contributed by atoms with Crippen molar-refractivity contribution in [2.75, 3.05) is 13.2 Å². The van der Waals surface area contributed by atoms with Crippen LogP contribution in [0.4, 0.5) is 0 Å². The van der Waals surface area contributed by atoms with Crippen molar-refractivity contribution in [3.05, 3.63) is 0 Å². The Labute approximate surface area is 116 Å². The van der Waals surface area contributed by atoms with Crippen LogP contribution in [0.15, 0.2) is 0 Å². The molecule has 108 valence electrons. The fourth-order valence-corrected chi connectivity index (χ4v) is 4.05. The van der Waals surface area contributed by atoms with E-state index in [1.165, 1.54) is 0 Å². The molecule has 0 radical (unpaired) electrons. The molecule has 4 unspecified atom stereocenters. The molecule has 0 N–H and O–H groups in total. The van der Waals surface area contributed by atoms with Crippen molar-refractivity contribution < 1.29 is 14.3 Å². The summed E-state index contributed by atoms with van der Waals surface area (Å²) in [6.07, 6.45) is 2.93. The van der Waals surface area contributed by atoms with Crippen molar-refractivity contribution in [3.63, 3.8) is 0 Å². The Morgan fingerprint density at radius 2 is 1.89 bits per heavy atom. The Kier molecular flexibility index (Phi) is 3.87. The normalized spacial score (nSPS) is 43.8. The first kappa shape index (κ1) is 14.7. The summed E-state index contributed by atoms with van der Waals surface area (Å²) in [5, 5.41) is 0. The van der Waals surface area contributed by atoms with E-state index in [1.54, 1.807) is 0 Å². The van der Waals surface area contributed by atoms with E-state index in [4.69, 9.17) is 4.74 Å². The van der Waals surface area contributed by atoms with Crippen molar-refractivity contribution in [1.29, 1.82) is 0 Å². The molecule has 2 aliphatic rings. The van der Waals surface area contributed by atoms with E-state index in [1.807, 2.05) is 20.8 Å². The van der Waals surface area contributed by atoms with Gasteiger partial charge in [0, 0.05) is 11.8 Å². The largest absolute Gasteiger partial charge is 0.379 e. The maximum atomic E-state index is 13.0. The molecule has 1 saturated carbocycles. The van der Waals surface area contributed by atoms with Crippen LogP contribution in [-0.4, -0.2) is 24.8 Å². The number of fused-ring (bicyclic) bond motifs is 2. The van der Waals surface area contributed by atoms with Crippen LogP contribution in [-0.2, 0) is 14.3 Å². The van der Waals surface area contributed by atoms with E-state index < -0.39 is 10.8 Å². The Morgan fingerprint density at radius 3 is 2.47 bits per heavy atom. The maximum Gasteiger partial charge on any atom is 0.149 e. The minimum Gasteiger partial charge on any atom is -0.379 e. The van der Waals surface area contributed by atoms with E-state index in [9.17, 15) is 9.59 Å². The zero-order chi connectivity index (χ0) is 14.3. The van der Waals surface area contributed by atoms with Crippen molar-refractivity contribution in [1.82, 2.24) is 0 Å². The van der Waals surface area contributed by atoms with Gasteiger partial charge in [-0.2, -0.15) is 0 Å². The topological polar surface area (TPSA) is 43.4 Å². The molecule has 1 aliphatic heterocycles. The molecule has 0 aromatic carbocycles. The van der Waals surface area contributed by atoms with Crippen molar-refractivity contribution >= 4 is 11.6 Å². The lowest BCUT2D eigenvalue weighted by atomic mass is 9.58. The monoisotopic (exact) mass is 266 g/mol. The Morgan fingerprint density at radius 1 is 1.21 bits per heavy atom. The van der Waals surface area contributed by atoms with Crippen LogP contribution in [0.1, 0.15) is 53.4 Å². The van der Waals surface area contributed by atoms with Crippen LogP contribution < -0.4 is 0 Å². The molecule has 1 aliphatic carbocycles. The number of Topliss-reactive ketones (excluding diaryl/α,β-unsaturated/α-hetero) is 2. The number of carbonyl (C=O) groups is 2. The van der Waals surface area contributed by atoms with Gasteiger partial charge in [-0.25, -0.2) is 0 Å². The quantitative estimate of drug-likeness (QED) is 0.771. The maximum absolute atomic E-state index is 13.0. The Bertz CT molecular complexity index is 389. The van der Waals surface area contributed by atoms with Crippen LogP contribution in [0.5, 0.6) is 0 Å². The summed E-state index contributed by atoms with van der Waals surface area (Å²) >= 11 is 0. The van der Waals surface area contributed by atoms with Gasteiger partial charge >= 0.3 is 0 Å². The third-order valence-electron chi connectivity index (χ3n) is 5.28. The van der Waals surface area contributed by atoms with E-state index >= 15 is 0 Å². The number of hydrogen-bond acceptors (Lipinski definition) is 3. The fourth-order valence-electron chi connectivity index (χ4n) is 4.05. The Hall–Kier alpha value is -0.700. The Balaban J connectivity index is 2.43. The van der Waals surface area contributed by atoms with E-state index in [0.29, 0.717) is 37.6 Å². The summed E-state index contributed by atoms with van der Waals surface area (Å²) in [5.74, 6) is 0.674. The number of ether oxygens (including phenoxy) is 1. The summed E-state index contributed by atoms with van der Waals surface area (Å²) in [6.45, 7) is 9.02. The highest BCUT2D eigenvalue weighted by Crippen LogP contribution is 2.48. The first-order valence-electron chi connectivity index (χ1n) is 7.55. The molecule has 19 heavy (non-hydrogen) atoms. The second-order valence-corrected chi connectivity index (χ2v) is 6.83. The molecule has 0 aromatic rings. The van der Waals surface area contributed by atoms with Gasteiger partial charge in [0.25, 0.3) is 0 Å². The van der Waals surface area contributed by atoms with Crippen molar-refractivity contribution in [2.45, 2.75) is 53.4 Å². The third-order valence-corrected chi connectivity index (χ3v) is 5.28. The van der Waals surface area contributed by atoms with Gasteiger partial charge in [0.05, 0.1) is 24.0 Å². The average Bonchev–Trinajstić information content (AvgIpc) is 2.39. The fraction of sp³-hybridized carbons (Fsp3) is 0.875. The first-order valence-corrected chi connectivity index (χ1v) is 7.55. The van der Waals surface area contributed by atoms with Crippen LogP contribution in [0.25, 0.3) is 0 Å². The zero-order valence-electron chi connectivity index (χ0n) is 12.6. The molecule has 3 nitrogen and oxygen atoms in total. The molecule has 2 rings (SSSR count). The highest BCUT2D eigenvalue weighted by atomic mass is 16.5. The van der Waals surface area contributed by atoms with Crippen LogP contribution in [0.3, 0.4) is 0 Å². The minimum atomic E-state index is -0.470. The lowest BCUT2D eigenvalue weighted by Gasteiger charge is -2.48. The summed E-state index contributed by atoms with van der Waals surface area (Å²) in [7, 11) is 0. The van der Waals surface area contributed by atoms with Crippen LogP contribution >= 0.6 is 0 Å². The molecule has 4 atom stereocenters. The number of carbonyl (C=O) groups excluding carboxylic acids is 2. The second-order valence-electron chi connectivity index (χ2n) is 6.83. The predicted molar refractivity (Wildman–Crippen MR) is 73.8 cm³/mol. The molecule has 2 bridgehead atoms. The molecule has 0 aromatic heterocycles. The molecule has 1 saturated heterocycles. The van der Waals surface area contributed by atoms with Gasteiger partial charge in [0.1, 0.15) is 11.6 Å². The van der Waals surface area contributed by atoms with Crippen molar-refractivity contribution in [3.8, 4) is 0 Å². The lowest BCUT2D eigenvalue weighted by molar-refractivity contribution is -0.167. The van der Waals surface area contributed by atoms with Gasteiger partial charge in [0.2, 0.25) is 0 Å². The lowest BCUT2D eigenvalue weighted by Crippen LogP contribution is -2.55. The SMILES string of the molecule is CCC1CC2(CC)COCC(C)(CC(C)C1=O)C2=O. The van der Waals surface area contributed by atoms with Crippen LogP contribution in [0.2, 0.25) is 0 Å². The number of hydrogen-bond donors (Lipinski definition) is 0. The van der Waals surface area contributed by atoms with Gasteiger partial charge in [0.15, 0.2) is 0 Å². The molecular formula is C16H26O3. The summed E-state index contributed by atoms with van der Waals surface area (Å²) in [6, 6.07) is 0. The van der Waals surface area contributed by atoms with E-state index in [-0.39, 0.29) is 11.8 Å². The second kappa shape index (κ2) is 5.01. The number of rotatable bonds is 2. The summed E-state index contributed by atoms with van der Waals surface area (Å²) in [5.41, 5.74) is -0.897. The summed E-state index contributed by atoms with van der Waals surface area (Å²) < 4.78 is 5.78. The molecular weight excluding hydrogens is 240 g/mol. The minimum absolute atomic E-state index is 0.0187. The van der Waals surface area contributed by atoms with Crippen molar-refractivity contribution in [2.24, 2.45) is 22.7 Å². The molecule has 1 heterocycles. The van der Waals surface area contributed by atoms with E-state index in [0.717, 1.165) is 12.8 Å². The highest BCUT2D eigenvalue weighted by Gasteiger charge is 2.54. The molecule has 3 heteroatoms. The summed E-state index contributed by atoms with van der Waals surface area (Å²) in [4.78, 5) is 25.5. The van der Waals surface area contributed by atoms with E-state index in [2.05, 4.69) is 6.92 Å². The average molecular weight is 266 g/mol. The number of ketones is 2. The van der Waals surface area contributed by atoms with Gasteiger partial charge in [-0.05, 0) is 25.7 Å². The molecule has 0 amide bonds. The smallest absolute Gasteiger partial charge is 0.149 e. The van der Waals surface area contributed by atoms with Gasteiger partial charge < -0.3 is 4.74 Å². The van der Waals surface area contributed by atoms with Gasteiger partial charge in [-0.1, -0.05) is 27.7 Å². The molecule has 2 fully saturated rings. The highest BCUT2D eigenvalue weighted by molar-refractivity contribution is 5.94.